The maximum atomic E-state index is 12.6. The van der Waals surface area contributed by atoms with Gasteiger partial charge in [-0.2, -0.15) is 22.0 Å². The molecule has 0 aromatic carbocycles. The van der Waals surface area contributed by atoms with E-state index in [0.29, 0.717) is 0 Å². The van der Waals surface area contributed by atoms with E-state index < -0.39 is 42.1 Å². The van der Waals surface area contributed by atoms with Gasteiger partial charge in [0, 0.05) is 12.5 Å². The molecule has 0 fully saturated rings. The molecule has 0 aliphatic rings. The third-order valence-electron chi connectivity index (χ3n) is 2.47. The number of halogens is 6. The van der Waals surface area contributed by atoms with E-state index >= 15 is 0 Å². The molecule has 0 heterocycles. The lowest BCUT2D eigenvalue weighted by Gasteiger charge is -2.22. The molecule has 0 spiro atoms. The van der Waals surface area contributed by atoms with Gasteiger partial charge >= 0.3 is 12.1 Å². The zero-order valence-electron chi connectivity index (χ0n) is 10.2. The molecule has 1 amide bonds. The molecule has 0 saturated heterocycles. The molecule has 1 atom stereocenters. The molecule has 0 aromatic rings. The van der Waals surface area contributed by atoms with Gasteiger partial charge in [0.25, 0.3) is 5.91 Å². The van der Waals surface area contributed by atoms with E-state index in [1.165, 1.54) is 5.32 Å². The lowest BCUT2D eigenvalue weighted by Crippen LogP contribution is -2.52. The Labute approximate surface area is 111 Å². The minimum Gasteiger partial charge on any atom is -0.350 e. The predicted octanol–water partition coefficient (Wildman–Crippen LogP) is 2.38. The number of amides is 1. The third-order valence-corrected chi connectivity index (χ3v) is 2.74. The first kappa shape index (κ1) is 18.1. The van der Waals surface area contributed by atoms with E-state index in [0.717, 1.165) is 0 Å². The van der Waals surface area contributed by atoms with Gasteiger partial charge in [0.15, 0.2) is 5.78 Å². The molecule has 1 N–H and O–H groups in total. The van der Waals surface area contributed by atoms with Gasteiger partial charge in [-0.05, 0) is 5.92 Å². The van der Waals surface area contributed by atoms with Crippen LogP contribution in [0.4, 0.5) is 22.0 Å². The van der Waals surface area contributed by atoms with Crippen LogP contribution in [-0.4, -0.2) is 36.2 Å². The van der Waals surface area contributed by atoms with Crippen LogP contribution >= 0.6 is 11.6 Å². The van der Waals surface area contributed by atoms with Crippen LogP contribution in [0.1, 0.15) is 13.8 Å². The minimum atomic E-state index is -5.97. The van der Waals surface area contributed by atoms with E-state index in [1.54, 1.807) is 13.8 Å². The highest BCUT2D eigenvalue weighted by Gasteiger charge is 2.63. The molecule has 19 heavy (non-hydrogen) atoms. The number of carbonyl (C=O) groups is 2. The predicted molar refractivity (Wildman–Crippen MR) is 58.1 cm³/mol. The minimum absolute atomic E-state index is 0.356. The van der Waals surface area contributed by atoms with Crippen molar-refractivity contribution in [1.82, 2.24) is 5.32 Å². The first-order chi connectivity index (χ1) is 8.45. The zero-order chi connectivity index (χ0) is 15.4. The van der Waals surface area contributed by atoms with Crippen molar-refractivity contribution in [1.29, 1.82) is 0 Å². The molecule has 0 saturated carbocycles. The summed E-state index contributed by atoms with van der Waals surface area (Å²) in [6.07, 6.45) is -5.97. The van der Waals surface area contributed by atoms with Crippen LogP contribution in [0, 0.1) is 11.8 Å². The number of hydrogen-bond donors (Lipinski definition) is 1. The summed E-state index contributed by atoms with van der Waals surface area (Å²) in [4.78, 5) is 22.1. The lowest BCUT2D eigenvalue weighted by atomic mass is 9.92. The van der Waals surface area contributed by atoms with Gasteiger partial charge in [0.05, 0.1) is 5.88 Å². The van der Waals surface area contributed by atoms with Crippen LogP contribution < -0.4 is 5.32 Å². The number of rotatable bonds is 6. The lowest BCUT2D eigenvalue weighted by molar-refractivity contribution is -0.269. The van der Waals surface area contributed by atoms with E-state index in [4.69, 9.17) is 11.6 Å². The van der Waals surface area contributed by atoms with Gasteiger partial charge in [0.1, 0.15) is 0 Å². The Morgan fingerprint density at radius 1 is 1.16 bits per heavy atom. The van der Waals surface area contributed by atoms with Crippen molar-refractivity contribution in [2.45, 2.75) is 25.9 Å². The zero-order valence-corrected chi connectivity index (χ0v) is 10.9. The molecule has 0 aliphatic carbocycles. The Balaban J connectivity index is 4.71. The highest BCUT2D eigenvalue weighted by atomic mass is 35.5. The highest BCUT2D eigenvalue weighted by Crippen LogP contribution is 2.35. The molecular formula is C10H13ClF5NO2. The number of hydrogen-bond acceptors (Lipinski definition) is 2. The fourth-order valence-corrected chi connectivity index (χ4v) is 1.46. The monoisotopic (exact) mass is 309 g/mol. The summed E-state index contributed by atoms with van der Waals surface area (Å²) in [5, 5.41) is 1.44. The molecule has 9 heteroatoms. The van der Waals surface area contributed by atoms with Crippen molar-refractivity contribution in [2.24, 2.45) is 11.8 Å². The number of carbonyl (C=O) groups excluding carboxylic acids is 2. The first-order valence-corrected chi connectivity index (χ1v) is 5.80. The fraction of sp³-hybridized carbons (Fsp3) is 0.800. The van der Waals surface area contributed by atoms with Crippen molar-refractivity contribution in [2.75, 3.05) is 12.4 Å². The summed E-state index contributed by atoms with van der Waals surface area (Å²) < 4.78 is 60.9. The van der Waals surface area contributed by atoms with Crippen LogP contribution in [-0.2, 0) is 9.59 Å². The second-order valence-electron chi connectivity index (χ2n) is 4.23. The van der Waals surface area contributed by atoms with Crippen LogP contribution in [0.5, 0.6) is 0 Å². The molecule has 0 radical (unpaired) electrons. The Bertz CT molecular complexity index is 343. The van der Waals surface area contributed by atoms with Gasteiger partial charge in [-0.25, -0.2) is 0 Å². The van der Waals surface area contributed by atoms with E-state index in [-0.39, 0.29) is 5.92 Å². The van der Waals surface area contributed by atoms with Crippen LogP contribution in [0.3, 0.4) is 0 Å². The summed E-state index contributed by atoms with van der Waals surface area (Å²) in [6.45, 7) is 2.50. The number of ketones is 1. The summed E-state index contributed by atoms with van der Waals surface area (Å²) in [5.74, 6) is -10.2. The average molecular weight is 310 g/mol. The van der Waals surface area contributed by atoms with Crippen molar-refractivity contribution in [3.63, 3.8) is 0 Å². The molecular weight excluding hydrogens is 297 g/mol. The smallest absolute Gasteiger partial charge is 0.350 e. The van der Waals surface area contributed by atoms with Crippen LogP contribution in [0.2, 0.25) is 0 Å². The number of alkyl halides is 6. The normalized spacial score (nSPS) is 14.4. The maximum absolute atomic E-state index is 12.6. The van der Waals surface area contributed by atoms with Crippen LogP contribution in [0.25, 0.3) is 0 Å². The second kappa shape index (κ2) is 6.49. The quantitative estimate of drug-likeness (QED) is 0.605. The van der Waals surface area contributed by atoms with E-state index in [2.05, 4.69) is 0 Å². The molecule has 0 rings (SSSR count). The molecule has 112 valence electrons. The molecule has 1 unspecified atom stereocenters. The van der Waals surface area contributed by atoms with Crippen molar-refractivity contribution in [3.8, 4) is 0 Å². The second-order valence-corrected chi connectivity index (χ2v) is 4.50. The highest BCUT2D eigenvalue weighted by molar-refractivity contribution is 6.27. The molecule has 0 bridgehead atoms. The van der Waals surface area contributed by atoms with Gasteiger partial charge in [-0.15, -0.1) is 11.6 Å². The third kappa shape index (κ3) is 4.59. The van der Waals surface area contributed by atoms with Crippen LogP contribution in [0.15, 0.2) is 0 Å². The topological polar surface area (TPSA) is 46.2 Å². The van der Waals surface area contributed by atoms with Gasteiger partial charge in [-0.1, -0.05) is 13.8 Å². The molecule has 0 aliphatic heterocycles. The standard InChI is InChI=1S/C10H13ClF5NO2/c1-5(2)6(7(18)3-11)4-17-8(19)9(12,13)10(14,15)16/h5-6H,3-4H2,1-2H3,(H,17,19). The van der Waals surface area contributed by atoms with E-state index in [1.807, 2.05) is 0 Å². The largest absolute Gasteiger partial charge is 0.463 e. The summed E-state index contributed by atoms with van der Waals surface area (Å²) in [5.41, 5.74) is 0. The summed E-state index contributed by atoms with van der Waals surface area (Å²) in [6, 6.07) is 0. The Kier molecular flexibility index (Phi) is 6.18. The van der Waals surface area contributed by atoms with E-state index in [9.17, 15) is 31.5 Å². The van der Waals surface area contributed by atoms with Crippen molar-refractivity contribution >= 4 is 23.3 Å². The van der Waals surface area contributed by atoms with Crippen molar-refractivity contribution in [3.05, 3.63) is 0 Å². The van der Waals surface area contributed by atoms with Gasteiger partial charge < -0.3 is 5.32 Å². The Hall–Kier alpha value is -0.920. The Morgan fingerprint density at radius 2 is 1.63 bits per heavy atom. The maximum Gasteiger partial charge on any atom is 0.463 e. The summed E-state index contributed by atoms with van der Waals surface area (Å²) >= 11 is 5.28. The Morgan fingerprint density at radius 3 is 1.95 bits per heavy atom. The molecule has 0 aromatic heterocycles. The molecule has 3 nitrogen and oxygen atoms in total. The first-order valence-electron chi connectivity index (χ1n) is 5.26. The van der Waals surface area contributed by atoms with Gasteiger partial charge in [-0.3, -0.25) is 9.59 Å². The number of Topliss-reactive ketones (excluding diaryl/α,β-unsaturated/α-hetero) is 1. The summed E-state index contributed by atoms with van der Waals surface area (Å²) in [7, 11) is 0. The van der Waals surface area contributed by atoms with Crippen molar-refractivity contribution < 1.29 is 31.5 Å². The number of nitrogens with one attached hydrogen (secondary N) is 1. The SMILES string of the molecule is CC(C)C(CNC(=O)C(F)(F)C(F)(F)F)C(=O)CCl. The fourth-order valence-electron chi connectivity index (χ4n) is 1.26. The van der Waals surface area contributed by atoms with Gasteiger partial charge in [0.2, 0.25) is 0 Å². The average Bonchev–Trinajstić information content (AvgIpc) is 2.26.